The lowest BCUT2D eigenvalue weighted by Crippen LogP contribution is -2.23. The molecule has 0 aliphatic carbocycles. The number of hydrogen-bond acceptors (Lipinski definition) is 2. The molecular weight excluding hydrogens is 247 g/mol. The van der Waals surface area contributed by atoms with Gasteiger partial charge in [-0.1, -0.05) is 0 Å². The number of carbonyl (C=O) groups excluding carboxylic acids is 1. The Hall–Kier alpha value is -2.31. The van der Waals surface area contributed by atoms with Crippen LogP contribution in [0.2, 0.25) is 0 Å². The Morgan fingerprint density at radius 1 is 1.28 bits per heavy atom. The fraction of sp³-hybridized carbons (Fsp3) is 0.0909. The molecule has 18 heavy (non-hydrogen) atoms. The van der Waals surface area contributed by atoms with Gasteiger partial charge in [-0.15, -0.1) is 0 Å². The monoisotopic (exact) mass is 255 g/mol. The second kappa shape index (κ2) is 4.91. The number of nitrogens with one attached hydrogen (secondary N) is 2. The zero-order valence-electron chi connectivity index (χ0n) is 9.01. The first kappa shape index (κ1) is 12.2. The van der Waals surface area contributed by atoms with Crippen LogP contribution in [-0.2, 0) is 6.54 Å². The number of halogens is 3. The van der Waals surface area contributed by atoms with Gasteiger partial charge < -0.3 is 10.3 Å². The molecule has 0 aliphatic heterocycles. The van der Waals surface area contributed by atoms with Crippen molar-refractivity contribution in [2.45, 2.75) is 6.54 Å². The molecule has 0 spiro atoms. The van der Waals surface area contributed by atoms with E-state index in [-0.39, 0.29) is 12.1 Å². The van der Waals surface area contributed by atoms with E-state index in [0.29, 0.717) is 18.0 Å². The average molecular weight is 255 g/mol. The van der Waals surface area contributed by atoms with Crippen molar-refractivity contribution in [1.82, 2.24) is 15.3 Å². The molecule has 0 saturated carbocycles. The smallest absolute Gasteiger partial charge is 0.251 e. The number of hydrogen-bond donors (Lipinski definition) is 2. The maximum atomic E-state index is 12.9. The number of rotatable bonds is 3. The van der Waals surface area contributed by atoms with Gasteiger partial charge in [-0.25, -0.2) is 18.2 Å². The Balaban J connectivity index is 2.09. The van der Waals surface area contributed by atoms with Crippen molar-refractivity contribution in [2.24, 2.45) is 0 Å². The standard InChI is InChI=1S/C11H8F3N3O/c12-7-3-6(4-8(13)10(7)14)11(18)17-5-9-15-1-2-16-9/h1-4H,5H2,(H,15,16)(H,17,18). The van der Waals surface area contributed by atoms with Gasteiger partial charge >= 0.3 is 0 Å². The summed E-state index contributed by atoms with van der Waals surface area (Å²) >= 11 is 0. The fourth-order valence-electron chi connectivity index (χ4n) is 1.35. The number of aromatic nitrogens is 2. The Bertz CT molecular complexity index is 546. The summed E-state index contributed by atoms with van der Waals surface area (Å²) < 4.78 is 38.5. The molecular formula is C11H8F3N3O. The summed E-state index contributed by atoms with van der Waals surface area (Å²) in [7, 11) is 0. The number of carbonyl (C=O) groups is 1. The van der Waals surface area contributed by atoms with Crippen LogP contribution in [0.1, 0.15) is 16.2 Å². The number of H-pyrrole nitrogens is 1. The molecule has 0 bridgehead atoms. The van der Waals surface area contributed by atoms with Gasteiger partial charge in [0.15, 0.2) is 17.5 Å². The van der Waals surface area contributed by atoms with E-state index in [1.54, 1.807) is 6.20 Å². The molecule has 1 aromatic carbocycles. The van der Waals surface area contributed by atoms with Crippen molar-refractivity contribution < 1.29 is 18.0 Å². The van der Waals surface area contributed by atoms with Crippen molar-refractivity contribution in [1.29, 1.82) is 0 Å². The second-order valence-electron chi connectivity index (χ2n) is 3.47. The highest BCUT2D eigenvalue weighted by Gasteiger charge is 2.14. The van der Waals surface area contributed by atoms with E-state index >= 15 is 0 Å². The maximum absolute atomic E-state index is 12.9. The van der Waals surface area contributed by atoms with Crippen molar-refractivity contribution >= 4 is 5.91 Å². The minimum atomic E-state index is -1.60. The average Bonchev–Trinajstić information content (AvgIpc) is 2.85. The number of benzene rings is 1. The van der Waals surface area contributed by atoms with Crippen molar-refractivity contribution in [3.8, 4) is 0 Å². The van der Waals surface area contributed by atoms with Gasteiger partial charge in [-0.05, 0) is 12.1 Å². The quantitative estimate of drug-likeness (QED) is 0.821. The third-order valence-corrected chi connectivity index (χ3v) is 2.22. The van der Waals surface area contributed by atoms with Crippen LogP contribution in [0.4, 0.5) is 13.2 Å². The number of aromatic amines is 1. The normalized spacial score (nSPS) is 10.4. The Morgan fingerprint density at radius 3 is 2.50 bits per heavy atom. The van der Waals surface area contributed by atoms with Crippen molar-refractivity contribution in [3.63, 3.8) is 0 Å². The molecule has 1 amide bonds. The fourth-order valence-corrected chi connectivity index (χ4v) is 1.35. The Morgan fingerprint density at radius 2 is 1.94 bits per heavy atom. The summed E-state index contributed by atoms with van der Waals surface area (Å²) in [5.74, 6) is -4.63. The zero-order chi connectivity index (χ0) is 13.1. The molecule has 0 fully saturated rings. The summed E-state index contributed by atoms with van der Waals surface area (Å²) in [4.78, 5) is 18.1. The third kappa shape index (κ3) is 2.50. The molecule has 94 valence electrons. The third-order valence-electron chi connectivity index (χ3n) is 2.22. The topological polar surface area (TPSA) is 57.8 Å². The minimum absolute atomic E-state index is 0.0758. The molecule has 0 aliphatic rings. The number of imidazole rings is 1. The van der Waals surface area contributed by atoms with Gasteiger partial charge in [0.05, 0.1) is 6.54 Å². The minimum Gasteiger partial charge on any atom is -0.347 e. The van der Waals surface area contributed by atoms with E-state index in [1.807, 2.05) is 0 Å². The summed E-state index contributed by atoms with van der Waals surface area (Å²) in [6.45, 7) is 0.0758. The molecule has 2 rings (SSSR count). The number of nitrogens with zero attached hydrogens (tertiary/aromatic N) is 1. The summed E-state index contributed by atoms with van der Waals surface area (Å²) in [6, 6.07) is 1.27. The van der Waals surface area contributed by atoms with Gasteiger partial charge in [0.25, 0.3) is 5.91 Å². The van der Waals surface area contributed by atoms with E-state index in [0.717, 1.165) is 0 Å². The lowest BCUT2D eigenvalue weighted by atomic mass is 10.2. The SMILES string of the molecule is O=C(NCc1ncc[nH]1)c1cc(F)c(F)c(F)c1. The first-order valence-corrected chi connectivity index (χ1v) is 4.99. The van der Waals surface area contributed by atoms with E-state index in [4.69, 9.17) is 0 Å². The van der Waals surface area contributed by atoms with Crippen LogP contribution in [0, 0.1) is 17.5 Å². The highest BCUT2D eigenvalue weighted by molar-refractivity contribution is 5.94. The van der Waals surface area contributed by atoms with Crippen molar-refractivity contribution in [3.05, 3.63) is 53.4 Å². The molecule has 2 aromatic rings. The van der Waals surface area contributed by atoms with Crippen LogP contribution in [0.3, 0.4) is 0 Å². The highest BCUT2D eigenvalue weighted by atomic mass is 19.2. The second-order valence-corrected chi connectivity index (χ2v) is 3.47. The molecule has 0 atom stereocenters. The summed E-state index contributed by atoms with van der Waals surface area (Å²) in [5.41, 5.74) is -0.294. The van der Waals surface area contributed by atoms with Crippen LogP contribution >= 0.6 is 0 Å². The molecule has 0 saturated heterocycles. The van der Waals surface area contributed by atoms with E-state index in [9.17, 15) is 18.0 Å². The largest absolute Gasteiger partial charge is 0.347 e. The van der Waals surface area contributed by atoms with Crippen molar-refractivity contribution in [2.75, 3.05) is 0 Å². The summed E-state index contributed by atoms with van der Waals surface area (Å²) in [6.07, 6.45) is 3.07. The van der Waals surface area contributed by atoms with E-state index < -0.39 is 23.4 Å². The van der Waals surface area contributed by atoms with Gasteiger partial charge in [-0.2, -0.15) is 0 Å². The zero-order valence-corrected chi connectivity index (χ0v) is 9.01. The van der Waals surface area contributed by atoms with Crippen LogP contribution in [-0.4, -0.2) is 15.9 Å². The predicted octanol–water partition coefficient (Wildman–Crippen LogP) is 1.76. The molecule has 0 radical (unpaired) electrons. The summed E-state index contributed by atoms with van der Waals surface area (Å²) in [5, 5.41) is 2.39. The predicted molar refractivity (Wildman–Crippen MR) is 56.1 cm³/mol. The molecule has 2 N–H and O–H groups in total. The van der Waals surface area contributed by atoms with Crippen LogP contribution in [0.5, 0.6) is 0 Å². The maximum Gasteiger partial charge on any atom is 0.251 e. The first-order chi connectivity index (χ1) is 8.58. The van der Waals surface area contributed by atoms with Gasteiger partial charge in [0, 0.05) is 18.0 Å². The molecule has 0 unspecified atom stereocenters. The van der Waals surface area contributed by atoms with Gasteiger partial charge in [0.1, 0.15) is 5.82 Å². The van der Waals surface area contributed by atoms with Gasteiger partial charge in [-0.3, -0.25) is 4.79 Å². The molecule has 4 nitrogen and oxygen atoms in total. The Kier molecular flexibility index (Phi) is 3.31. The van der Waals surface area contributed by atoms with E-state index in [2.05, 4.69) is 15.3 Å². The van der Waals surface area contributed by atoms with E-state index in [1.165, 1.54) is 6.20 Å². The molecule has 7 heteroatoms. The van der Waals surface area contributed by atoms with Crippen LogP contribution in [0.25, 0.3) is 0 Å². The molecule has 1 heterocycles. The van der Waals surface area contributed by atoms with Crippen LogP contribution < -0.4 is 5.32 Å². The van der Waals surface area contributed by atoms with Crippen LogP contribution in [0.15, 0.2) is 24.5 Å². The lowest BCUT2D eigenvalue weighted by Gasteiger charge is -2.04. The highest BCUT2D eigenvalue weighted by Crippen LogP contribution is 2.13. The van der Waals surface area contributed by atoms with Gasteiger partial charge in [0.2, 0.25) is 0 Å². The molecule has 1 aromatic heterocycles. The number of amides is 1. The Labute approximate surface area is 99.9 Å². The first-order valence-electron chi connectivity index (χ1n) is 4.99. The lowest BCUT2D eigenvalue weighted by molar-refractivity contribution is 0.0949.